The molecule has 2 aromatic carbocycles. The summed E-state index contributed by atoms with van der Waals surface area (Å²) in [7, 11) is -9.05. The molecule has 37 heavy (non-hydrogen) atoms. The standard InChI is InChI=1S/C27H30N2O6S2/c1-26(2)20-12-8-10-14-22(20)28(18-36(30,31)32)24(26)16-6-5-7-17-25-27(3,4)21-13-9-11-15-23(21)29(25)19-37(33,34)35/h5-17H,18-19H2,1-4H3,(H-,30,31,32,33,34,35)/p-1. The maximum absolute atomic E-state index is 11.6. The smallest absolute Gasteiger partial charge is 0.237 e. The Morgan fingerprint density at radius 1 is 0.811 bits per heavy atom. The molecule has 2 aliphatic rings. The average molecular weight is 542 g/mol. The van der Waals surface area contributed by atoms with E-state index in [0.717, 1.165) is 11.1 Å². The van der Waals surface area contributed by atoms with Crippen molar-refractivity contribution in [2.75, 3.05) is 16.7 Å². The molecule has 0 aliphatic carbocycles. The van der Waals surface area contributed by atoms with E-state index in [0.29, 0.717) is 22.8 Å². The van der Waals surface area contributed by atoms with Crippen LogP contribution in [0.2, 0.25) is 0 Å². The number of para-hydroxylation sites is 2. The lowest BCUT2D eigenvalue weighted by Crippen LogP contribution is -2.30. The Labute approximate surface area is 218 Å². The highest BCUT2D eigenvalue weighted by Gasteiger charge is 2.44. The van der Waals surface area contributed by atoms with Crippen molar-refractivity contribution >= 4 is 37.3 Å². The minimum Gasteiger partial charge on any atom is -0.747 e. The SMILES string of the molecule is CC1(C)C(=CC=CC=CC2=[N+](CS(=O)(=O)[O-])c3ccccc3C2(C)C)N(CS(=O)(=O)[O-])c2ccccc21. The predicted molar refractivity (Wildman–Crippen MR) is 142 cm³/mol. The largest absolute Gasteiger partial charge is 0.747 e. The van der Waals surface area contributed by atoms with E-state index < -0.39 is 42.8 Å². The lowest BCUT2D eigenvalue weighted by atomic mass is 9.81. The van der Waals surface area contributed by atoms with Crippen LogP contribution < -0.4 is 4.90 Å². The molecule has 0 atom stereocenters. The fraction of sp³-hybridized carbons (Fsp3) is 0.296. The zero-order chi connectivity index (χ0) is 27.2. The van der Waals surface area contributed by atoms with Gasteiger partial charge in [0.05, 0.1) is 5.41 Å². The van der Waals surface area contributed by atoms with Gasteiger partial charge in [0.1, 0.15) is 16.0 Å². The van der Waals surface area contributed by atoms with Gasteiger partial charge in [-0.1, -0.05) is 68.5 Å². The van der Waals surface area contributed by atoms with Crippen LogP contribution in [0.1, 0.15) is 38.8 Å². The zero-order valence-electron chi connectivity index (χ0n) is 21.1. The lowest BCUT2D eigenvalue weighted by molar-refractivity contribution is -0.416. The molecule has 0 unspecified atom stereocenters. The topological polar surface area (TPSA) is 121 Å². The Bertz CT molecular complexity index is 1580. The molecule has 0 radical (unpaired) electrons. The van der Waals surface area contributed by atoms with Crippen LogP contribution in [-0.4, -0.2) is 48.0 Å². The van der Waals surface area contributed by atoms with E-state index in [1.807, 2.05) is 52.0 Å². The van der Waals surface area contributed by atoms with E-state index >= 15 is 0 Å². The Hall–Kier alpha value is -3.05. The van der Waals surface area contributed by atoms with Crippen LogP contribution in [0.3, 0.4) is 0 Å². The third-order valence-electron chi connectivity index (χ3n) is 6.90. The number of anilines is 1. The van der Waals surface area contributed by atoms with Crippen LogP contribution in [0, 0.1) is 0 Å². The Morgan fingerprint density at radius 2 is 1.43 bits per heavy atom. The second-order valence-electron chi connectivity index (χ2n) is 10.2. The van der Waals surface area contributed by atoms with Crippen molar-refractivity contribution < 1.29 is 30.5 Å². The fourth-order valence-corrected chi connectivity index (χ4v) is 6.42. The number of rotatable bonds is 7. The van der Waals surface area contributed by atoms with Crippen LogP contribution in [0.25, 0.3) is 0 Å². The second-order valence-corrected chi connectivity index (χ2v) is 12.9. The molecule has 4 rings (SSSR count). The maximum atomic E-state index is 11.6. The molecule has 10 heteroatoms. The van der Waals surface area contributed by atoms with Crippen molar-refractivity contribution in [3.63, 3.8) is 0 Å². The normalized spacial score (nSPS) is 19.8. The second kappa shape index (κ2) is 9.36. The summed E-state index contributed by atoms with van der Waals surface area (Å²) in [5.41, 5.74) is 3.47. The van der Waals surface area contributed by atoms with Crippen molar-refractivity contribution in [3.05, 3.63) is 95.7 Å². The van der Waals surface area contributed by atoms with Crippen LogP contribution >= 0.6 is 0 Å². The Kier molecular flexibility index (Phi) is 6.83. The maximum Gasteiger partial charge on any atom is 0.237 e. The predicted octanol–water partition coefficient (Wildman–Crippen LogP) is 3.86. The molecular weight excluding hydrogens is 512 g/mol. The first-order valence-electron chi connectivity index (χ1n) is 11.7. The van der Waals surface area contributed by atoms with Gasteiger partial charge in [-0.15, -0.1) is 0 Å². The van der Waals surface area contributed by atoms with Gasteiger partial charge in [-0.05, 0) is 31.6 Å². The van der Waals surface area contributed by atoms with Crippen LogP contribution in [-0.2, 0) is 31.1 Å². The minimum absolute atomic E-state index is 0.529. The third-order valence-corrected chi connectivity index (χ3v) is 8.05. The van der Waals surface area contributed by atoms with Gasteiger partial charge >= 0.3 is 0 Å². The van der Waals surface area contributed by atoms with Crippen molar-refractivity contribution in [2.45, 2.75) is 38.5 Å². The van der Waals surface area contributed by atoms with Gasteiger partial charge in [0.2, 0.25) is 11.6 Å². The summed E-state index contributed by atoms with van der Waals surface area (Å²) in [4.78, 5) is 1.53. The summed E-state index contributed by atoms with van der Waals surface area (Å²) in [5.74, 6) is -1.35. The molecule has 0 fully saturated rings. The van der Waals surface area contributed by atoms with Gasteiger partial charge in [-0.2, -0.15) is 4.58 Å². The summed E-state index contributed by atoms with van der Waals surface area (Å²) < 4.78 is 71.3. The summed E-state index contributed by atoms with van der Waals surface area (Å²) in [6.45, 7) is 7.87. The first kappa shape index (κ1) is 27.0. The molecule has 0 amide bonds. The minimum atomic E-state index is -4.53. The van der Waals surface area contributed by atoms with Crippen molar-refractivity contribution in [1.29, 1.82) is 0 Å². The molecule has 2 aliphatic heterocycles. The molecule has 2 aromatic rings. The molecular formula is C27H29N2O6S2-. The molecule has 0 aromatic heterocycles. The third kappa shape index (κ3) is 5.33. The zero-order valence-corrected chi connectivity index (χ0v) is 22.7. The van der Waals surface area contributed by atoms with Crippen LogP contribution in [0.4, 0.5) is 11.4 Å². The number of benzene rings is 2. The summed E-state index contributed by atoms with van der Waals surface area (Å²) in [6.07, 6.45) is 8.78. The van der Waals surface area contributed by atoms with E-state index in [-0.39, 0.29) is 0 Å². The van der Waals surface area contributed by atoms with E-state index in [9.17, 15) is 25.9 Å². The molecule has 0 N–H and O–H groups in total. The number of fused-ring (bicyclic) bond motifs is 2. The average Bonchev–Trinajstić information content (AvgIpc) is 3.12. The Balaban J connectivity index is 1.69. The molecule has 0 saturated carbocycles. The first-order chi connectivity index (χ1) is 17.1. The molecule has 2 heterocycles. The Morgan fingerprint density at radius 3 is 2.08 bits per heavy atom. The monoisotopic (exact) mass is 541 g/mol. The summed E-state index contributed by atoms with van der Waals surface area (Å²) >= 11 is 0. The molecule has 0 bridgehead atoms. The van der Waals surface area contributed by atoms with E-state index in [1.165, 1.54) is 9.48 Å². The molecule has 8 nitrogen and oxygen atoms in total. The van der Waals surface area contributed by atoms with Crippen molar-refractivity contribution in [3.8, 4) is 0 Å². The quantitative estimate of drug-likeness (QED) is 0.296. The fourth-order valence-electron chi connectivity index (χ4n) is 5.23. The number of hydrogen-bond acceptors (Lipinski definition) is 7. The molecule has 0 saturated heterocycles. The first-order valence-corrected chi connectivity index (χ1v) is 14.8. The van der Waals surface area contributed by atoms with Crippen molar-refractivity contribution in [1.82, 2.24) is 0 Å². The van der Waals surface area contributed by atoms with Crippen LogP contribution in [0.15, 0.2) is 84.6 Å². The van der Waals surface area contributed by atoms with Gasteiger partial charge < -0.3 is 14.0 Å². The number of allylic oxidation sites excluding steroid dienone is 6. The van der Waals surface area contributed by atoms with Crippen molar-refractivity contribution in [2.24, 2.45) is 0 Å². The van der Waals surface area contributed by atoms with Gasteiger partial charge in [-0.3, -0.25) is 0 Å². The van der Waals surface area contributed by atoms with Gasteiger partial charge in [0.15, 0.2) is 15.8 Å². The van der Waals surface area contributed by atoms with E-state index in [1.54, 1.807) is 54.6 Å². The number of nitrogens with zero attached hydrogens (tertiary/aromatic N) is 2. The highest BCUT2D eigenvalue weighted by Crippen LogP contribution is 2.47. The van der Waals surface area contributed by atoms with E-state index in [2.05, 4.69) is 0 Å². The highest BCUT2D eigenvalue weighted by atomic mass is 32.2. The van der Waals surface area contributed by atoms with E-state index in [4.69, 9.17) is 0 Å². The number of hydrogen-bond donors (Lipinski definition) is 0. The molecule has 196 valence electrons. The summed E-state index contributed by atoms with van der Waals surface area (Å²) in [6, 6.07) is 14.8. The summed E-state index contributed by atoms with van der Waals surface area (Å²) in [5, 5.41) is 0. The lowest BCUT2D eigenvalue weighted by Gasteiger charge is -2.27. The highest BCUT2D eigenvalue weighted by molar-refractivity contribution is 7.85. The van der Waals surface area contributed by atoms with Gasteiger partial charge in [-0.25, -0.2) is 16.8 Å². The van der Waals surface area contributed by atoms with Gasteiger partial charge in [0, 0.05) is 34.5 Å². The van der Waals surface area contributed by atoms with Crippen LogP contribution in [0.5, 0.6) is 0 Å². The molecule has 0 spiro atoms. The van der Waals surface area contributed by atoms with Gasteiger partial charge in [0.25, 0.3) is 0 Å².